The van der Waals surface area contributed by atoms with Crippen molar-refractivity contribution in [2.75, 3.05) is 12.9 Å². The first-order valence-electron chi connectivity index (χ1n) is 8.23. The van der Waals surface area contributed by atoms with E-state index < -0.39 is 22.4 Å². The second-order valence-corrected chi connectivity index (χ2v) is 8.67. The Kier molecular flexibility index (Phi) is 6.84. The highest BCUT2D eigenvalue weighted by atomic mass is 35.5. The highest BCUT2D eigenvalue weighted by Crippen LogP contribution is 2.21. The summed E-state index contributed by atoms with van der Waals surface area (Å²) in [6, 6.07) is 3.90. The number of hydrogen-bond donors (Lipinski definition) is 1. The Morgan fingerprint density at radius 2 is 1.84 bits per heavy atom. The van der Waals surface area contributed by atoms with Crippen LogP contribution in [0.15, 0.2) is 23.1 Å². The summed E-state index contributed by atoms with van der Waals surface area (Å²) >= 11 is 5.93. The Bertz CT molecular complexity index is 739. The molecule has 0 radical (unpaired) electrons. The molecule has 1 aromatic carbocycles. The SMILES string of the molecule is CS(=O)(=O)c1ccc(Cl)c(C(=O)OCC(=O)NC2CCCCCC2)c1. The molecule has 1 aromatic rings. The van der Waals surface area contributed by atoms with Crippen molar-refractivity contribution in [3.05, 3.63) is 28.8 Å². The van der Waals surface area contributed by atoms with Gasteiger partial charge in [-0.05, 0) is 31.0 Å². The van der Waals surface area contributed by atoms with E-state index in [0.717, 1.165) is 38.0 Å². The van der Waals surface area contributed by atoms with Crippen molar-refractivity contribution in [1.82, 2.24) is 5.32 Å². The third-order valence-electron chi connectivity index (χ3n) is 4.14. The number of ether oxygens (including phenoxy) is 1. The molecular weight excluding hydrogens is 366 g/mol. The molecule has 2 rings (SSSR count). The van der Waals surface area contributed by atoms with Gasteiger partial charge >= 0.3 is 5.97 Å². The Morgan fingerprint density at radius 1 is 1.20 bits per heavy atom. The number of halogens is 1. The smallest absolute Gasteiger partial charge is 0.340 e. The molecule has 0 aliphatic heterocycles. The van der Waals surface area contributed by atoms with Gasteiger partial charge in [0.05, 0.1) is 15.5 Å². The van der Waals surface area contributed by atoms with Crippen molar-refractivity contribution in [2.24, 2.45) is 0 Å². The second kappa shape index (κ2) is 8.67. The lowest BCUT2D eigenvalue weighted by Crippen LogP contribution is -2.37. The third kappa shape index (κ3) is 6.01. The number of carbonyl (C=O) groups is 2. The monoisotopic (exact) mass is 387 g/mol. The predicted octanol–water partition coefficient (Wildman–Crippen LogP) is 2.74. The van der Waals surface area contributed by atoms with Gasteiger partial charge in [-0.25, -0.2) is 13.2 Å². The number of amides is 1. The van der Waals surface area contributed by atoms with Gasteiger partial charge in [-0.3, -0.25) is 4.79 Å². The second-order valence-electron chi connectivity index (χ2n) is 6.25. The van der Waals surface area contributed by atoms with E-state index in [1.165, 1.54) is 25.0 Å². The van der Waals surface area contributed by atoms with Crippen molar-refractivity contribution < 1.29 is 22.7 Å². The van der Waals surface area contributed by atoms with Gasteiger partial charge in [-0.1, -0.05) is 37.3 Å². The van der Waals surface area contributed by atoms with Crippen LogP contribution in [0.4, 0.5) is 0 Å². The molecule has 8 heteroatoms. The van der Waals surface area contributed by atoms with Crippen LogP contribution in [-0.2, 0) is 19.4 Å². The molecule has 0 saturated heterocycles. The Balaban J connectivity index is 1.94. The molecule has 1 saturated carbocycles. The summed E-state index contributed by atoms with van der Waals surface area (Å²) in [5, 5.41) is 2.94. The molecule has 0 unspecified atom stereocenters. The van der Waals surface area contributed by atoms with Gasteiger partial charge in [0.1, 0.15) is 0 Å². The zero-order valence-electron chi connectivity index (χ0n) is 14.1. The summed E-state index contributed by atoms with van der Waals surface area (Å²) < 4.78 is 28.1. The van der Waals surface area contributed by atoms with E-state index in [1.54, 1.807) is 0 Å². The molecule has 1 aliphatic rings. The first-order valence-corrected chi connectivity index (χ1v) is 10.5. The average molecular weight is 388 g/mol. The van der Waals surface area contributed by atoms with Crippen LogP contribution in [0, 0.1) is 0 Å². The minimum atomic E-state index is -3.48. The van der Waals surface area contributed by atoms with E-state index >= 15 is 0 Å². The molecule has 1 N–H and O–H groups in total. The first-order chi connectivity index (χ1) is 11.8. The van der Waals surface area contributed by atoms with Crippen LogP contribution in [0.2, 0.25) is 5.02 Å². The van der Waals surface area contributed by atoms with Crippen molar-refractivity contribution in [1.29, 1.82) is 0 Å². The maximum Gasteiger partial charge on any atom is 0.340 e. The maximum atomic E-state index is 12.1. The molecule has 0 heterocycles. The quantitative estimate of drug-likeness (QED) is 0.619. The fraction of sp³-hybridized carbons (Fsp3) is 0.529. The maximum absolute atomic E-state index is 12.1. The molecule has 0 atom stereocenters. The number of carbonyl (C=O) groups excluding carboxylic acids is 2. The molecule has 1 fully saturated rings. The fourth-order valence-electron chi connectivity index (χ4n) is 2.79. The zero-order chi connectivity index (χ0) is 18.4. The van der Waals surface area contributed by atoms with Crippen LogP contribution >= 0.6 is 11.6 Å². The molecule has 0 aromatic heterocycles. The summed E-state index contributed by atoms with van der Waals surface area (Å²) in [7, 11) is -3.48. The van der Waals surface area contributed by atoms with E-state index in [1.807, 2.05) is 0 Å². The minimum Gasteiger partial charge on any atom is -0.452 e. The molecule has 25 heavy (non-hydrogen) atoms. The predicted molar refractivity (Wildman–Crippen MR) is 94.5 cm³/mol. The molecule has 0 spiro atoms. The number of nitrogens with one attached hydrogen (secondary N) is 1. The summed E-state index contributed by atoms with van der Waals surface area (Å²) in [4.78, 5) is 24.0. The van der Waals surface area contributed by atoms with Crippen LogP contribution in [-0.4, -0.2) is 39.2 Å². The van der Waals surface area contributed by atoms with Crippen molar-refractivity contribution in [3.8, 4) is 0 Å². The Hall–Kier alpha value is -1.60. The van der Waals surface area contributed by atoms with Gasteiger partial charge < -0.3 is 10.1 Å². The van der Waals surface area contributed by atoms with E-state index in [2.05, 4.69) is 5.32 Å². The van der Waals surface area contributed by atoms with Crippen molar-refractivity contribution in [2.45, 2.75) is 49.5 Å². The first kappa shape index (κ1) is 19.7. The number of benzene rings is 1. The average Bonchev–Trinajstić information content (AvgIpc) is 2.80. The topological polar surface area (TPSA) is 89.5 Å². The van der Waals surface area contributed by atoms with E-state index in [4.69, 9.17) is 16.3 Å². The van der Waals surface area contributed by atoms with E-state index in [-0.39, 0.29) is 27.4 Å². The summed E-state index contributed by atoms with van der Waals surface area (Å²) in [5.41, 5.74) is -0.0770. The third-order valence-corrected chi connectivity index (χ3v) is 5.58. The van der Waals surface area contributed by atoms with Gasteiger partial charge in [-0.15, -0.1) is 0 Å². The molecule has 1 aliphatic carbocycles. The fourth-order valence-corrected chi connectivity index (χ4v) is 3.64. The zero-order valence-corrected chi connectivity index (χ0v) is 15.7. The van der Waals surface area contributed by atoms with Crippen molar-refractivity contribution in [3.63, 3.8) is 0 Å². The summed E-state index contributed by atoms with van der Waals surface area (Å²) in [5.74, 6) is -1.19. The van der Waals surface area contributed by atoms with Gasteiger partial charge in [0, 0.05) is 12.3 Å². The number of rotatable bonds is 5. The molecular formula is C17H22ClNO5S. The molecule has 138 valence electrons. The van der Waals surface area contributed by atoms with Gasteiger partial charge in [0.2, 0.25) is 0 Å². The lowest BCUT2D eigenvalue weighted by molar-refractivity contribution is -0.125. The standard InChI is InChI=1S/C17H22ClNO5S/c1-25(22,23)13-8-9-15(18)14(10-13)17(21)24-11-16(20)19-12-6-4-2-3-5-7-12/h8-10,12H,2-7,11H2,1H3,(H,19,20). The summed E-state index contributed by atoms with van der Waals surface area (Å²) in [6.07, 6.45) is 7.42. The van der Waals surface area contributed by atoms with Gasteiger partial charge in [0.15, 0.2) is 16.4 Å². The van der Waals surface area contributed by atoms with Crippen LogP contribution in [0.3, 0.4) is 0 Å². The Labute approximate surface area is 152 Å². The lowest BCUT2D eigenvalue weighted by Gasteiger charge is -2.16. The van der Waals surface area contributed by atoms with E-state index in [9.17, 15) is 18.0 Å². The normalized spacial score (nSPS) is 16.1. The van der Waals surface area contributed by atoms with Gasteiger partial charge in [0.25, 0.3) is 5.91 Å². The highest BCUT2D eigenvalue weighted by molar-refractivity contribution is 7.90. The lowest BCUT2D eigenvalue weighted by atomic mass is 10.1. The molecule has 6 nitrogen and oxygen atoms in total. The number of hydrogen-bond acceptors (Lipinski definition) is 5. The van der Waals surface area contributed by atoms with Crippen LogP contribution < -0.4 is 5.32 Å². The van der Waals surface area contributed by atoms with Crippen LogP contribution in [0.5, 0.6) is 0 Å². The highest BCUT2D eigenvalue weighted by Gasteiger charge is 2.19. The number of esters is 1. The molecule has 1 amide bonds. The largest absolute Gasteiger partial charge is 0.452 e. The van der Waals surface area contributed by atoms with Crippen molar-refractivity contribution >= 4 is 33.3 Å². The molecule has 0 bridgehead atoms. The number of sulfone groups is 1. The van der Waals surface area contributed by atoms with Crippen LogP contribution in [0.1, 0.15) is 48.9 Å². The summed E-state index contributed by atoms with van der Waals surface area (Å²) in [6.45, 7) is -0.422. The van der Waals surface area contributed by atoms with E-state index in [0.29, 0.717) is 0 Å². The van der Waals surface area contributed by atoms with Crippen LogP contribution in [0.25, 0.3) is 0 Å². The van der Waals surface area contributed by atoms with Gasteiger partial charge in [-0.2, -0.15) is 0 Å². The minimum absolute atomic E-state index is 0.0354. The Morgan fingerprint density at radius 3 is 2.44 bits per heavy atom.